The molecule has 3 nitrogen and oxygen atoms in total. The highest BCUT2D eigenvalue weighted by Crippen LogP contribution is 2.06. The summed E-state index contributed by atoms with van der Waals surface area (Å²) in [6.07, 6.45) is 5.23. The van der Waals surface area contributed by atoms with E-state index >= 15 is 0 Å². The van der Waals surface area contributed by atoms with E-state index in [0.717, 1.165) is 13.1 Å². The number of amides is 1. The minimum atomic E-state index is -0.521. The van der Waals surface area contributed by atoms with E-state index in [2.05, 4.69) is 16.6 Å². The molecule has 0 aliphatic carbocycles. The normalized spacial score (nSPS) is 17.8. The van der Waals surface area contributed by atoms with Crippen LogP contribution in [-0.2, 0) is 4.79 Å². The van der Waals surface area contributed by atoms with Crippen molar-refractivity contribution in [2.75, 3.05) is 13.1 Å². The third-order valence-electron chi connectivity index (χ3n) is 1.95. The predicted octanol–water partition coefficient (Wildman–Crippen LogP) is -0.266. The molecular formula is C9H14N2O. The van der Waals surface area contributed by atoms with Crippen molar-refractivity contribution in [3.8, 4) is 12.3 Å². The number of nitrogens with one attached hydrogen (secondary N) is 2. The van der Waals surface area contributed by atoms with Crippen LogP contribution in [0.4, 0.5) is 0 Å². The molecule has 0 spiro atoms. The first-order valence-corrected chi connectivity index (χ1v) is 4.06. The summed E-state index contributed by atoms with van der Waals surface area (Å²) in [4.78, 5) is 11.4. The summed E-state index contributed by atoms with van der Waals surface area (Å²) >= 11 is 0. The summed E-state index contributed by atoms with van der Waals surface area (Å²) < 4.78 is 0. The minimum absolute atomic E-state index is 0.0525. The molecule has 0 atom stereocenters. The first-order valence-electron chi connectivity index (χ1n) is 4.06. The monoisotopic (exact) mass is 166 g/mol. The van der Waals surface area contributed by atoms with Crippen molar-refractivity contribution in [2.24, 2.45) is 5.92 Å². The lowest BCUT2D eigenvalue weighted by Crippen LogP contribution is -2.54. The Kier molecular flexibility index (Phi) is 2.39. The molecule has 3 heteroatoms. The second-order valence-corrected chi connectivity index (χ2v) is 3.61. The van der Waals surface area contributed by atoms with Gasteiger partial charge in [-0.3, -0.25) is 4.79 Å². The van der Waals surface area contributed by atoms with Crippen molar-refractivity contribution in [3.05, 3.63) is 0 Å². The molecule has 12 heavy (non-hydrogen) atoms. The predicted molar refractivity (Wildman–Crippen MR) is 47.4 cm³/mol. The van der Waals surface area contributed by atoms with E-state index in [1.54, 1.807) is 0 Å². The fourth-order valence-corrected chi connectivity index (χ4v) is 0.920. The van der Waals surface area contributed by atoms with Gasteiger partial charge >= 0.3 is 0 Å². The minimum Gasteiger partial charge on any atom is -0.340 e. The summed E-state index contributed by atoms with van der Waals surface area (Å²) in [5.74, 6) is 2.68. The van der Waals surface area contributed by atoms with Crippen LogP contribution in [-0.4, -0.2) is 24.5 Å². The average Bonchev–Trinajstić information content (AvgIpc) is 1.82. The number of terminal acetylenes is 1. The van der Waals surface area contributed by atoms with E-state index in [4.69, 9.17) is 6.42 Å². The molecule has 0 aromatic heterocycles. The Morgan fingerprint density at radius 2 is 2.25 bits per heavy atom. The van der Waals surface area contributed by atoms with Crippen molar-refractivity contribution in [3.63, 3.8) is 0 Å². The first kappa shape index (κ1) is 9.08. The Labute approximate surface area is 72.9 Å². The lowest BCUT2D eigenvalue weighted by molar-refractivity contribution is -0.127. The van der Waals surface area contributed by atoms with Crippen LogP contribution in [0.5, 0.6) is 0 Å². The standard InChI is InChI=1S/C9H14N2O/c1-4-9(2,3)11-8(12)7-5-10-6-7/h1,7,10H,5-6H2,2-3H3,(H,11,12). The van der Waals surface area contributed by atoms with Gasteiger partial charge in [-0.1, -0.05) is 5.92 Å². The van der Waals surface area contributed by atoms with Gasteiger partial charge in [-0.05, 0) is 13.8 Å². The molecule has 1 fully saturated rings. The molecule has 0 bridgehead atoms. The van der Waals surface area contributed by atoms with Gasteiger partial charge in [0.25, 0.3) is 0 Å². The van der Waals surface area contributed by atoms with Crippen molar-refractivity contribution < 1.29 is 4.79 Å². The fourth-order valence-electron chi connectivity index (χ4n) is 0.920. The molecule has 1 aliphatic rings. The number of hydrogen-bond acceptors (Lipinski definition) is 2. The number of carbonyl (C=O) groups is 1. The molecule has 1 amide bonds. The molecule has 1 aliphatic heterocycles. The Morgan fingerprint density at radius 3 is 2.58 bits per heavy atom. The number of carbonyl (C=O) groups excluding carboxylic acids is 1. The maximum atomic E-state index is 11.4. The summed E-state index contributed by atoms with van der Waals surface area (Å²) in [5.41, 5.74) is -0.521. The molecule has 66 valence electrons. The smallest absolute Gasteiger partial charge is 0.226 e. The third-order valence-corrected chi connectivity index (χ3v) is 1.95. The highest BCUT2D eigenvalue weighted by Gasteiger charge is 2.28. The fraction of sp³-hybridized carbons (Fsp3) is 0.667. The first-order chi connectivity index (χ1) is 5.55. The second-order valence-electron chi connectivity index (χ2n) is 3.61. The highest BCUT2D eigenvalue weighted by molar-refractivity contribution is 5.81. The van der Waals surface area contributed by atoms with Crippen LogP contribution in [0.3, 0.4) is 0 Å². The van der Waals surface area contributed by atoms with E-state index in [1.165, 1.54) is 0 Å². The van der Waals surface area contributed by atoms with Gasteiger partial charge in [-0.15, -0.1) is 6.42 Å². The molecule has 0 aromatic carbocycles. The topological polar surface area (TPSA) is 41.1 Å². The average molecular weight is 166 g/mol. The van der Waals surface area contributed by atoms with Gasteiger partial charge in [0.2, 0.25) is 5.91 Å². The molecule has 1 heterocycles. The summed E-state index contributed by atoms with van der Waals surface area (Å²) in [6, 6.07) is 0. The highest BCUT2D eigenvalue weighted by atomic mass is 16.2. The van der Waals surface area contributed by atoms with Gasteiger partial charge in [-0.2, -0.15) is 0 Å². The van der Waals surface area contributed by atoms with Crippen molar-refractivity contribution in [2.45, 2.75) is 19.4 Å². The Morgan fingerprint density at radius 1 is 1.67 bits per heavy atom. The van der Waals surface area contributed by atoms with Crippen molar-refractivity contribution in [1.29, 1.82) is 0 Å². The van der Waals surface area contributed by atoms with Gasteiger partial charge in [0.1, 0.15) is 0 Å². The summed E-state index contributed by atoms with van der Waals surface area (Å²) in [7, 11) is 0. The van der Waals surface area contributed by atoms with E-state index in [9.17, 15) is 4.79 Å². The van der Waals surface area contributed by atoms with Crippen LogP contribution >= 0.6 is 0 Å². The Hall–Kier alpha value is -1.01. The van der Waals surface area contributed by atoms with Crippen molar-refractivity contribution >= 4 is 5.91 Å². The van der Waals surface area contributed by atoms with E-state index in [-0.39, 0.29) is 11.8 Å². The van der Waals surface area contributed by atoms with Crippen LogP contribution in [0.25, 0.3) is 0 Å². The maximum Gasteiger partial charge on any atom is 0.226 e. The molecular weight excluding hydrogens is 152 g/mol. The molecule has 1 rings (SSSR count). The SMILES string of the molecule is C#CC(C)(C)NC(=O)C1CNC1. The van der Waals surface area contributed by atoms with Gasteiger partial charge in [0, 0.05) is 13.1 Å². The van der Waals surface area contributed by atoms with Gasteiger partial charge in [0.15, 0.2) is 0 Å². The third kappa shape index (κ3) is 1.99. The zero-order valence-corrected chi connectivity index (χ0v) is 7.48. The summed E-state index contributed by atoms with van der Waals surface area (Å²) in [6.45, 7) is 5.17. The van der Waals surface area contributed by atoms with E-state index in [1.807, 2.05) is 13.8 Å². The second kappa shape index (κ2) is 3.16. The lowest BCUT2D eigenvalue weighted by Gasteiger charge is -2.29. The van der Waals surface area contributed by atoms with Crippen molar-refractivity contribution in [1.82, 2.24) is 10.6 Å². The van der Waals surface area contributed by atoms with Gasteiger partial charge in [0.05, 0.1) is 11.5 Å². The zero-order chi connectivity index (χ0) is 9.19. The molecule has 2 N–H and O–H groups in total. The number of hydrogen-bond donors (Lipinski definition) is 2. The molecule has 0 unspecified atom stereocenters. The quantitative estimate of drug-likeness (QED) is 0.555. The van der Waals surface area contributed by atoms with Crippen LogP contribution in [0.15, 0.2) is 0 Å². The molecule has 0 aromatic rings. The maximum absolute atomic E-state index is 11.4. The largest absolute Gasteiger partial charge is 0.340 e. The zero-order valence-electron chi connectivity index (χ0n) is 7.48. The Balaban J connectivity index is 2.40. The molecule has 0 saturated carbocycles. The van der Waals surface area contributed by atoms with E-state index < -0.39 is 5.54 Å². The van der Waals surface area contributed by atoms with Crippen LogP contribution in [0.1, 0.15) is 13.8 Å². The Bertz CT molecular complexity index is 223. The number of rotatable bonds is 2. The lowest BCUT2D eigenvalue weighted by atomic mass is 9.99. The van der Waals surface area contributed by atoms with E-state index in [0.29, 0.717) is 0 Å². The van der Waals surface area contributed by atoms with Crippen LogP contribution in [0.2, 0.25) is 0 Å². The molecule has 0 radical (unpaired) electrons. The van der Waals surface area contributed by atoms with Crippen LogP contribution in [0, 0.1) is 18.3 Å². The van der Waals surface area contributed by atoms with Crippen LogP contribution < -0.4 is 10.6 Å². The van der Waals surface area contributed by atoms with Gasteiger partial charge < -0.3 is 10.6 Å². The van der Waals surface area contributed by atoms with Gasteiger partial charge in [-0.25, -0.2) is 0 Å². The summed E-state index contributed by atoms with van der Waals surface area (Å²) in [5, 5.41) is 5.83. The molecule has 1 saturated heterocycles.